The van der Waals surface area contributed by atoms with E-state index in [0.717, 1.165) is 28.4 Å². The Labute approximate surface area is 154 Å². The molecule has 0 aliphatic carbocycles. The first-order chi connectivity index (χ1) is 12.4. The van der Waals surface area contributed by atoms with Gasteiger partial charge in [-0.05, 0) is 23.3 Å². The monoisotopic (exact) mass is 359 g/mol. The lowest BCUT2D eigenvalue weighted by Crippen LogP contribution is -2.18. The van der Waals surface area contributed by atoms with Crippen LogP contribution in [-0.2, 0) is 4.74 Å². The van der Waals surface area contributed by atoms with Crippen LogP contribution in [0.5, 0.6) is 0 Å². The summed E-state index contributed by atoms with van der Waals surface area (Å²) < 4.78 is 6.28. The molecule has 0 fully saturated rings. The lowest BCUT2D eigenvalue weighted by Gasteiger charge is -2.34. The van der Waals surface area contributed by atoms with Crippen molar-refractivity contribution in [1.82, 2.24) is 0 Å². The van der Waals surface area contributed by atoms with Crippen molar-refractivity contribution in [2.24, 2.45) is 0 Å². The molecule has 0 unspecified atom stereocenters. The van der Waals surface area contributed by atoms with Gasteiger partial charge in [-0.3, -0.25) is 0 Å². The zero-order valence-electron chi connectivity index (χ0n) is 13.3. The molecule has 0 amide bonds. The van der Waals surface area contributed by atoms with Gasteiger partial charge >= 0.3 is 0 Å². The Kier molecular flexibility index (Phi) is 3.51. The number of ether oxygens (including phenoxy) is 1. The summed E-state index contributed by atoms with van der Waals surface area (Å²) in [7, 11) is 0. The highest BCUT2D eigenvalue weighted by atomic mass is 32.2. The smallest absolute Gasteiger partial charge is 0.142 e. The molecule has 3 aliphatic heterocycles. The van der Waals surface area contributed by atoms with Crippen molar-refractivity contribution in [1.29, 1.82) is 5.26 Å². The van der Waals surface area contributed by atoms with E-state index in [1.807, 2.05) is 29.6 Å². The van der Waals surface area contributed by atoms with Crippen molar-refractivity contribution in [3.8, 4) is 6.07 Å². The third kappa shape index (κ3) is 2.27. The van der Waals surface area contributed by atoms with Gasteiger partial charge in [0.25, 0.3) is 0 Å². The third-order valence-electron chi connectivity index (χ3n) is 4.61. The van der Waals surface area contributed by atoms with Crippen LogP contribution in [0, 0.1) is 11.3 Å². The number of thioether (sulfide) groups is 2. The fourth-order valence-electron chi connectivity index (χ4n) is 3.53. The first-order valence-corrected chi connectivity index (χ1v) is 10.0. The van der Waals surface area contributed by atoms with Gasteiger partial charge in [-0.2, -0.15) is 5.26 Å². The van der Waals surface area contributed by atoms with E-state index in [2.05, 4.69) is 48.5 Å². The van der Waals surface area contributed by atoms with Gasteiger partial charge < -0.3 is 4.74 Å². The SMILES string of the molecule is N#C/C=C1\OC2=C(CSc3ccccc32)C2=C1CSc1ccccc12. The number of hydrogen-bond donors (Lipinski definition) is 0. The highest BCUT2D eigenvalue weighted by Gasteiger charge is 2.34. The van der Waals surface area contributed by atoms with Crippen molar-refractivity contribution in [2.45, 2.75) is 9.79 Å². The number of hydrogen-bond acceptors (Lipinski definition) is 4. The number of nitrogens with zero attached hydrogens (tertiary/aromatic N) is 1. The van der Waals surface area contributed by atoms with E-state index in [-0.39, 0.29) is 0 Å². The summed E-state index contributed by atoms with van der Waals surface area (Å²) in [5.41, 5.74) is 6.04. The summed E-state index contributed by atoms with van der Waals surface area (Å²) in [5, 5.41) is 9.24. The number of nitriles is 1. The minimum Gasteiger partial charge on any atom is -0.455 e. The molecular formula is C21H13NOS2. The van der Waals surface area contributed by atoms with Crippen LogP contribution in [-0.4, -0.2) is 11.5 Å². The normalized spacial score (nSPS) is 19.4. The fraction of sp³-hybridized carbons (Fsp3) is 0.0952. The highest BCUT2D eigenvalue weighted by molar-refractivity contribution is 8.00. The third-order valence-corrected chi connectivity index (χ3v) is 6.81. The first kappa shape index (κ1) is 14.9. The van der Waals surface area contributed by atoms with Gasteiger partial charge in [-0.1, -0.05) is 36.4 Å². The Hall–Kier alpha value is -2.35. The quantitative estimate of drug-likeness (QED) is 0.582. The molecular weight excluding hydrogens is 346 g/mol. The zero-order chi connectivity index (χ0) is 16.8. The van der Waals surface area contributed by atoms with Crippen LogP contribution in [0.1, 0.15) is 11.1 Å². The Bertz CT molecular complexity index is 1040. The molecule has 0 atom stereocenters. The molecule has 0 saturated carbocycles. The minimum absolute atomic E-state index is 0.694. The average Bonchev–Trinajstić information content (AvgIpc) is 2.67. The number of rotatable bonds is 0. The van der Waals surface area contributed by atoms with Gasteiger partial charge in [0.1, 0.15) is 11.5 Å². The molecule has 5 rings (SSSR count). The molecule has 0 spiro atoms. The van der Waals surface area contributed by atoms with E-state index < -0.39 is 0 Å². The molecule has 2 aromatic carbocycles. The van der Waals surface area contributed by atoms with E-state index in [1.165, 1.54) is 32.6 Å². The summed E-state index contributed by atoms with van der Waals surface area (Å²) in [5.74, 6) is 3.34. The van der Waals surface area contributed by atoms with Gasteiger partial charge in [-0.15, -0.1) is 23.5 Å². The first-order valence-electron chi connectivity index (χ1n) is 8.06. The van der Waals surface area contributed by atoms with Gasteiger partial charge in [-0.25, -0.2) is 0 Å². The van der Waals surface area contributed by atoms with Crippen LogP contribution in [0.25, 0.3) is 11.3 Å². The summed E-state index contributed by atoms with van der Waals surface area (Å²) in [4.78, 5) is 2.54. The van der Waals surface area contributed by atoms with E-state index in [4.69, 9.17) is 4.74 Å². The van der Waals surface area contributed by atoms with E-state index in [0.29, 0.717) is 5.76 Å². The van der Waals surface area contributed by atoms with Crippen molar-refractivity contribution in [3.63, 3.8) is 0 Å². The Balaban J connectivity index is 1.81. The summed E-state index contributed by atoms with van der Waals surface area (Å²) in [6.45, 7) is 0. The molecule has 0 aromatic heterocycles. The van der Waals surface area contributed by atoms with Crippen molar-refractivity contribution in [3.05, 3.63) is 82.6 Å². The molecule has 3 heterocycles. The van der Waals surface area contributed by atoms with Crippen molar-refractivity contribution >= 4 is 34.9 Å². The minimum atomic E-state index is 0.694. The topological polar surface area (TPSA) is 33.0 Å². The van der Waals surface area contributed by atoms with E-state index >= 15 is 0 Å². The molecule has 0 bridgehead atoms. The molecule has 0 N–H and O–H groups in total. The Morgan fingerprint density at radius 2 is 1.52 bits per heavy atom. The molecule has 2 aromatic rings. The maximum Gasteiger partial charge on any atom is 0.142 e. The molecule has 0 radical (unpaired) electrons. The predicted octanol–water partition coefficient (Wildman–Crippen LogP) is 5.50. The maximum absolute atomic E-state index is 9.24. The van der Waals surface area contributed by atoms with Crippen LogP contribution < -0.4 is 0 Å². The number of allylic oxidation sites excluding steroid dienone is 3. The summed E-state index contributed by atoms with van der Waals surface area (Å²) in [6, 6.07) is 19.0. The van der Waals surface area contributed by atoms with E-state index in [9.17, 15) is 5.26 Å². The number of benzene rings is 2. The van der Waals surface area contributed by atoms with Crippen molar-refractivity contribution in [2.75, 3.05) is 11.5 Å². The predicted molar refractivity (Wildman–Crippen MR) is 103 cm³/mol. The molecule has 4 heteroatoms. The fourth-order valence-corrected chi connectivity index (χ4v) is 5.68. The highest BCUT2D eigenvalue weighted by Crippen LogP contribution is 2.52. The summed E-state index contributed by atoms with van der Waals surface area (Å²) >= 11 is 3.67. The van der Waals surface area contributed by atoms with Crippen LogP contribution in [0.3, 0.4) is 0 Å². The Morgan fingerprint density at radius 1 is 0.880 bits per heavy atom. The lowest BCUT2D eigenvalue weighted by molar-refractivity contribution is 0.386. The Morgan fingerprint density at radius 3 is 2.28 bits per heavy atom. The molecule has 120 valence electrons. The van der Waals surface area contributed by atoms with Crippen molar-refractivity contribution < 1.29 is 4.74 Å². The van der Waals surface area contributed by atoms with Gasteiger partial charge in [0.05, 0.1) is 12.1 Å². The maximum atomic E-state index is 9.24. The summed E-state index contributed by atoms with van der Waals surface area (Å²) in [6.07, 6.45) is 1.54. The standard InChI is InChI=1S/C21H13NOS2/c22-10-9-17-15-11-24-18-7-3-1-5-13(18)20(15)16-12-25-19-8-4-2-6-14(19)21(16)23-17/h1-9H,11-12H2/b17-9-. The molecule has 25 heavy (non-hydrogen) atoms. The number of fused-ring (bicyclic) bond motifs is 5. The van der Waals surface area contributed by atoms with Crippen LogP contribution in [0.2, 0.25) is 0 Å². The molecule has 2 nitrogen and oxygen atoms in total. The van der Waals surface area contributed by atoms with Gasteiger partial charge in [0.15, 0.2) is 0 Å². The second kappa shape index (κ2) is 5.87. The van der Waals surface area contributed by atoms with E-state index in [1.54, 1.807) is 0 Å². The molecule has 0 saturated heterocycles. The van der Waals surface area contributed by atoms with Crippen LogP contribution in [0.15, 0.2) is 81.3 Å². The largest absolute Gasteiger partial charge is 0.455 e. The average molecular weight is 359 g/mol. The lowest BCUT2D eigenvalue weighted by atomic mass is 9.88. The molecule has 3 aliphatic rings. The van der Waals surface area contributed by atoms with Crippen LogP contribution >= 0.6 is 23.5 Å². The second-order valence-electron chi connectivity index (χ2n) is 5.97. The van der Waals surface area contributed by atoms with Gasteiger partial charge in [0, 0.05) is 38.0 Å². The second-order valence-corrected chi connectivity index (χ2v) is 8.01. The van der Waals surface area contributed by atoms with Gasteiger partial charge in [0.2, 0.25) is 0 Å². The van der Waals surface area contributed by atoms with Crippen LogP contribution in [0.4, 0.5) is 0 Å². The zero-order valence-corrected chi connectivity index (χ0v) is 14.9.